The minimum Gasteiger partial charge on any atom is -0.378 e. The Balaban J connectivity index is 1.70. The fourth-order valence-corrected chi connectivity index (χ4v) is 2.74. The van der Waals surface area contributed by atoms with Crippen LogP contribution < -0.4 is 15.5 Å². The first-order valence-electron chi connectivity index (χ1n) is 8.34. The van der Waals surface area contributed by atoms with Crippen molar-refractivity contribution >= 4 is 28.9 Å². The average molecular weight is 357 g/mol. The Morgan fingerprint density at radius 1 is 1.04 bits per heavy atom. The fraction of sp³-hybridized carbons (Fsp3) is 0.263. The lowest BCUT2D eigenvalue weighted by Crippen LogP contribution is -2.36. The normalized spacial score (nSPS) is 14.0. The minimum atomic E-state index is -0.572. The van der Waals surface area contributed by atoms with Crippen molar-refractivity contribution in [3.63, 3.8) is 0 Å². The quantitative estimate of drug-likeness (QED) is 0.883. The number of ether oxygens (including phenoxy) is 1. The van der Waals surface area contributed by atoms with Gasteiger partial charge < -0.3 is 20.3 Å². The van der Waals surface area contributed by atoms with Crippen molar-refractivity contribution in [3.05, 3.63) is 53.8 Å². The number of morpholine rings is 1. The van der Waals surface area contributed by atoms with Gasteiger partial charge in [0.15, 0.2) is 0 Å². The van der Waals surface area contributed by atoms with E-state index in [1.807, 2.05) is 12.1 Å². The molecule has 1 heterocycles. The number of carbonyl (C=O) groups excluding carboxylic acids is 2. The van der Waals surface area contributed by atoms with Crippen LogP contribution in [0.3, 0.4) is 0 Å². The molecular weight excluding hydrogens is 337 g/mol. The first-order chi connectivity index (χ1) is 12.5. The van der Waals surface area contributed by atoms with Crippen molar-refractivity contribution < 1.29 is 18.7 Å². The first kappa shape index (κ1) is 17.9. The van der Waals surface area contributed by atoms with E-state index in [9.17, 15) is 14.0 Å². The zero-order valence-electron chi connectivity index (χ0n) is 14.4. The Morgan fingerprint density at radius 3 is 2.38 bits per heavy atom. The van der Waals surface area contributed by atoms with Crippen LogP contribution in [0.15, 0.2) is 42.5 Å². The van der Waals surface area contributed by atoms with Crippen LogP contribution in [-0.4, -0.2) is 38.1 Å². The van der Waals surface area contributed by atoms with Crippen LogP contribution in [0.2, 0.25) is 0 Å². The molecule has 0 aliphatic carbocycles. The molecule has 0 bridgehead atoms. The third-order valence-electron chi connectivity index (χ3n) is 4.04. The summed E-state index contributed by atoms with van der Waals surface area (Å²) in [5.41, 5.74) is 1.87. The molecule has 1 aliphatic heterocycles. The molecule has 0 saturated carbocycles. The summed E-state index contributed by atoms with van der Waals surface area (Å²) >= 11 is 0. The second kappa shape index (κ2) is 7.97. The van der Waals surface area contributed by atoms with E-state index in [-0.39, 0.29) is 11.6 Å². The van der Waals surface area contributed by atoms with E-state index in [1.165, 1.54) is 25.1 Å². The summed E-state index contributed by atoms with van der Waals surface area (Å²) < 4.78 is 19.3. The van der Waals surface area contributed by atoms with Gasteiger partial charge >= 0.3 is 0 Å². The summed E-state index contributed by atoms with van der Waals surface area (Å²) in [5.74, 6) is -1.26. The van der Waals surface area contributed by atoms with Gasteiger partial charge in [-0.2, -0.15) is 0 Å². The van der Waals surface area contributed by atoms with E-state index in [0.29, 0.717) is 24.5 Å². The number of amides is 2. The number of hydrogen-bond acceptors (Lipinski definition) is 4. The number of carbonyl (C=O) groups is 2. The summed E-state index contributed by atoms with van der Waals surface area (Å²) in [7, 11) is 0. The predicted molar refractivity (Wildman–Crippen MR) is 98.1 cm³/mol. The van der Waals surface area contributed by atoms with Crippen LogP contribution in [0.5, 0.6) is 0 Å². The summed E-state index contributed by atoms with van der Waals surface area (Å²) in [6, 6.07) is 11.2. The predicted octanol–water partition coefficient (Wildman–Crippen LogP) is 2.87. The van der Waals surface area contributed by atoms with E-state index in [4.69, 9.17) is 4.74 Å². The molecule has 0 atom stereocenters. The molecule has 0 spiro atoms. The Hall–Kier alpha value is -2.93. The van der Waals surface area contributed by atoms with Gasteiger partial charge in [0.2, 0.25) is 5.91 Å². The van der Waals surface area contributed by atoms with Crippen LogP contribution >= 0.6 is 0 Å². The summed E-state index contributed by atoms with van der Waals surface area (Å²) in [6.07, 6.45) is 0. The summed E-state index contributed by atoms with van der Waals surface area (Å²) in [4.78, 5) is 25.7. The van der Waals surface area contributed by atoms with Crippen molar-refractivity contribution in [2.24, 2.45) is 0 Å². The molecule has 1 aliphatic rings. The van der Waals surface area contributed by atoms with Gasteiger partial charge in [-0.05, 0) is 42.5 Å². The van der Waals surface area contributed by atoms with Crippen molar-refractivity contribution in [1.82, 2.24) is 0 Å². The number of nitrogens with one attached hydrogen (secondary N) is 2. The van der Waals surface area contributed by atoms with Crippen LogP contribution in [0.1, 0.15) is 17.3 Å². The molecule has 0 unspecified atom stereocenters. The second-order valence-electron chi connectivity index (χ2n) is 5.98. The van der Waals surface area contributed by atoms with E-state index in [2.05, 4.69) is 15.5 Å². The van der Waals surface area contributed by atoms with Gasteiger partial charge in [0.1, 0.15) is 5.82 Å². The lowest BCUT2D eigenvalue weighted by atomic mass is 10.1. The molecule has 1 saturated heterocycles. The SMILES string of the molecule is CC(=O)Nc1ccc(F)c(NC(=O)c2ccc(N3CCOCC3)cc2)c1. The maximum Gasteiger partial charge on any atom is 0.255 e. The largest absolute Gasteiger partial charge is 0.378 e. The Morgan fingerprint density at radius 2 is 1.73 bits per heavy atom. The van der Waals surface area contributed by atoms with Gasteiger partial charge in [0.25, 0.3) is 5.91 Å². The van der Waals surface area contributed by atoms with E-state index in [1.54, 1.807) is 12.1 Å². The molecular formula is C19H20FN3O3. The number of benzene rings is 2. The van der Waals surface area contributed by atoms with Gasteiger partial charge in [-0.3, -0.25) is 9.59 Å². The van der Waals surface area contributed by atoms with Crippen molar-refractivity contribution in [2.45, 2.75) is 6.92 Å². The molecule has 2 amide bonds. The molecule has 2 aromatic carbocycles. The number of rotatable bonds is 4. The van der Waals surface area contributed by atoms with Crippen LogP contribution in [0, 0.1) is 5.82 Å². The highest BCUT2D eigenvalue weighted by Gasteiger charge is 2.14. The van der Waals surface area contributed by atoms with E-state index < -0.39 is 11.7 Å². The highest BCUT2D eigenvalue weighted by atomic mass is 19.1. The van der Waals surface area contributed by atoms with Gasteiger partial charge in [0, 0.05) is 37.0 Å². The Labute approximate surface area is 150 Å². The van der Waals surface area contributed by atoms with Crippen molar-refractivity contribution in [2.75, 3.05) is 41.8 Å². The molecule has 2 N–H and O–H groups in total. The fourth-order valence-electron chi connectivity index (χ4n) is 2.74. The van der Waals surface area contributed by atoms with Gasteiger partial charge in [-0.25, -0.2) is 4.39 Å². The number of halogens is 1. The van der Waals surface area contributed by atoms with Crippen molar-refractivity contribution in [3.8, 4) is 0 Å². The van der Waals surface area contributed by atoms with Gasteiger partial charge in [0.05, 0.1) is 18.9 Å². The monoisotopic (exact) mass is 357 g/mol. The summed E-state index contributed by atoms with van der Waals surface area (Å²) in [5, 5.41) is 5.10. The third-order valence-corrected chi connectivity index (χ3v) is 4.04. The standard InChI is InChI=1S/C19H20FN3O3/c1-13(24)21-15-4-7-17(20)18(12-15)22-19(25)14-2-5-16(6-3-14)23-8-10-26-11-9-23/h2-7,12H,8-11H2,1H3,(H,21,24)(H,22,25). The molecule has 0 aromatic heterocycles. The Kier molecular flexibility index (Phi) is 5.48. The molecule has 26 heavy (non-hydrogen) atoms. The maximum atomic E-state index is 13.9. The molecule has 0 radical (unpaired) electrons. The van der Waals surface area contributed by atoms with Gasteiger partial charge in [-0.15, -0.1) is 0 Å². The Bertz CT molecular complexity index is 802. The molecule has 136 valence electrons. The molecule has 3 rings (SSSR count). The second-order valence-corrected chi connectivity index (χ2v) is 5.98. The minimum absolute atomic E-state index is 0.0125. The summed E-state index contributed by atoms with van der Waals surface area (Å²) in [6.45, 7) is 4.36. The number of nitrogens with zero attached hydrogens (tertiary/aromatic N) is 1. The van der Waals surface area contributed by atoms with Gasteiger partial charge in [-0.1, -0.05) is 0 Å². The van der Waals surface area contributed by atoms with Crippen LogP contribution in [0.4, 0.5) is 21.5 Å². The number of anilines is 3. The highest BCUT2D eigenvalue weighted by Crippen LogP contribution is 2.21. The zero-order valence-corrected chi connectivity index (χ0v) is 14.4. The third kappa shape index (κ3) is 4.37. The molecule has 6 nitrogen and oxygen atoms in total. The number of hydrogen-bond donors (Lipinski definition) is 2. The van der Waals surface area contributed by atoms with E-state index >= 15 is 0 Å². The zero-order chi connectivity index (χ0) is 18.5. The van der Waals surface area contributed by atoms with Crippen LogP contribution in [-0.2, 0) is 9.53 Å². The topological polar surface area (TPSA) is 70.7 Å². The van der Waals surface area contributed by atoms with Crippen molar-refractivity contribution in [1.29, 1.82) is 0 Å². The lowest BCUT2D eigenvalue weighted by molar-refractivity contribution is -0.114. The lowest BCUT2D eigenvalue weighted by Gasteiger charge is -2.28. The molecule has 7 heteroatoms. The highest BCUT2D eigenvalue weighted by molar-refractivity contribution is 6.05. The smallest absolute Gasteiger partial charge is 0.255 e. The first-order valence-corrected chi connectivity index (χ1v) is 8.34. The van der Waals surface area contributed by atoms with E-state index in [0.717, 1.165) is 18.8 Å². The molecule has 2 aromatic rings. The maximum absolute atomic E-state index is 13.9. The molecule has 1 fully saturated rings. The average Bonchev–Trinajstić information content (AvgIpc) is 2.65. The van der Waals surface area contributed by atoms with Crippen LogP contribution in [0.25, 0.3) is 0 Å².